The van der Waals surface area contributed by atoms with E-state index in [1.165, 1.54) is 12.1 Å². The zero-order valence-electron chi connectivity index (χ0n) is 8.63. The summed E-state index contributed by atoms with van der Waals surface area (Å²) in [6.07, 6.45) is 0. The maximum Gasteiger partial charge on any atom is 0.136 e. The van der Waals surface area contributed by atoms with E-state index < -0.39 is 0 Å². The first-order valence-corrected chi connectivity index (χ1v) is 6.08. The number of rotatable bonds is 0. The number of halogens is 2. The third-order valence-electron chi connectivity index (χ3n) is 2.71. The Kier molecular flexibility index (Phi) is 2.43. The number of fused-ring (bicyclic) bond motifs is 3. The van der Waals surface area contributed by atoms with Crippen LogP contribution in [0.1, 0.15) is 0 Å². The minimum Gasteiger partial charge on any atom is -0.456 e. The Morgan fingerprint density at radius 1 is 0.765 bits per heavy atom. The Balaban J connectivity index is 2.51. The summed E-state index contributed by atoms with van der Waals surface area (Å²) in [6, 6.07) is 5.92. The molecule has 0 fully saturated rings. The van der Waals surface area contributed by atoms with Gasteiger partial charge in [0.25, 0.3) is 0 Å². The summed E-state index contributed by atoms with van der Waals surface area (Å²) >= 11 is 0. The monoisotopic (exact) mass is 268 g/mol. The topological polar surface area (TPSA) is 13.1 Å². The van der Waals surface area contributed by atoms with Crippen molar-refractivity contribution in [3.05, 3.63) is 35.9 Å². The summed E-state index contributed by atoms with van der Waals surface area (Å²) < 4.78 is 32.5. The Labute approximate surface area is 101 Å². The highest BCUT2D eigenvalue weighted by Gasteiger charge is 2.12. The molecule has 1 aromatic heterocycles. The summed E-state index contributed by atoms with van der Waals surface area (Å²) in [4.78, 5) is 0. The van der Waals surface area contributed by atoms with Crippen LogP contribution >= 0.6 is 18.5 Å². The maximum absolute atomic E-state index is 13.5. The van der Waals surface area contributed by atoms with Crippen molar-refractivity contribution in [2.24, 2.45) is 0 Å². The van der Waals surface area contributed by atoms with Crippen molar-refractivity contribution >= 4 is 51.0 Å². The molecule has 1 nitrogen and oxygen atoms in total. The van der Waals surface area contributed by atoms with Crippen LogP contribution in [0, 0.1) is 11.6 Å². The Morgan fingerprint density at radius 2 is 1.18 bits per heavy atom. The van der Waals surface area contributed by atoms with E-state index >= 15 is 0 Å². The summed E-state index contributed by atoms with van der Waals surface area (Å²) in [5.74, 6) is -0.693. The molecule has 2 atom stereocenters. The number of hydrogen-bond donors (Lipinski definition) is 0. The van der Waals surface area contributed by atoms with Gasteiger partial charge in [-0.1, -0.05) is 0 Å². The average molecular weight is 268 g/mol. The van der Waals surface area contributed by atoms with Gasteiger partial charge in [-0.05, 0) is 24.3 Å². The number of furan rings is 1. The third kappa shape index (κ3) is 1.66. The molecule has 5 heteroatoms. The standard InChI is InChI=1S/C12H8F2OP2/c13-7-1-5-6-2-8(14)12(17)4-10(6)15-9(5)3-11(7)16/h1-4H,16-17H2. The van der Waals surface area contributed by atoms with E-state index in [1.807, 2.05) is 0 Å². The molecule has 0 aliphatic heterocycles. The van der Waals surface area contributed by atoms with Crippen LogP contribution in [-0.2, 0) is 0 Å². The molecule has 1 heterocycles. The van der Waals surface area contributed by atoms with Crippen LogP contribution in [0.15, 0.2) is 28.7 Å². The quantitative estimate of drug-likeness (QED) is 0.571. The summed E-state index contributed by atoms with van der Waals surface area (Å²) in [5, 5.41) is 2.05. The van der Waals surface area contributed by atoms with Crippen LogP contribution < -0.4 is 10.6 Å². The lowest BCUT2D eigenvalue weighted by molar-refractivity contribution is 0.633. The van der Waals surface area contributed by atoms with Crippen LogP contribution in [-0.4, -0.2) is 0 Å². The van der Waals surface area contributed by atoms with Gasteiger partial charge in [-0.2, -0.15) is 0 Å². The molecule has 0 bridgehead atoms. The van der Waals surface area contributed by atoms with E-state index in [0.717, 1.165) is 0 Å². The summed E-state index contributed by atoms with van der Waals surface area (Å²) in [5.41, 5.74) is 1.11. The molecule has 86 valence electrons. The lowest BCUT2D eigenvalue weighted by Gasteiger charge is -1.96. The van der Waals surface area contributed by atoms with Crippen LogP contribution in [0.3, 0.4) is 0 Å². The van der Waals surface area contributed by atoms with E-state index in [9.17, 15) is 8.78 Å². The second kappa shape index (κ2) is 3.73. The Bertz CT molecular complexity index is 687. The van der Waals surface area contributed by atoms with Gasteiger partial charge in [0.2, 0.25) is 0 Å². The molecule has 0 aliphatic carbocycles. The third-order valence-corrected chi connectivity index (χ3v) is 3.59. The SMILES string of the molecule is Fc1cc2c(cc1P)oc1cc(P)c(F)cc12. The predicted octanol–water partition coefficient (Wildman–Crippen LogP) is 2.87. The normalized spacial score (nSPS) is 11.5. The van der Waals surface area contributed by atoms with Gasteiger partial charge in [0.1, 0.15) is 22.8 Å². The van der Waals surface area contributed by atoms with Gasteiger partial charge >= 0.3 is 0 Å². The maximum atomic E-state index is 13.5. The minimum absolute atomic E-state index is 0.347. The Hall–Kier alpha value is -1.04. The van der Waals surface area contributed by atoms with Gasteiger partial charge in [-0.3, -0.25) is 0 Å². The molecule has 0 spiro atoms. The van der Waals surface area contributed by atoms with E-state index in [2.05, 4.69) is 18.5 Å². The smallest absolute Gasteiger partial charge is 0.136 e. The summed E-state index contributed by atoms with van der Waals surface area (Å²) in [6.45, 7) is 0. The molecule has 2 unspecified atom stereocenters. The molecular formula is C12H8F2OP2. The second-order valence-electron chi connectivity index (χ2n) is 3.84. The largest absolute Gasteiger partial charge is 0.456 e. The average Bonchev–Trinajstić information content (AvgIpc) is 2.58. The first-order chi connectivity index (χ1) is 8.06. The molecule has 3 aromatic rings. The second-order valence-corrected chi connectivity index (χ2v) is 5.09. The van der Waals surface area contributed by atoms with Gasteiger partial charge in [-0.25, -0.2) is 8.78 Å². The van der Waals surface area contributed by atoms with Crippen molar-refractivity contribution in [1.82, 2.24) is 0 Å². The van der Waals surface area contributed by atoms with Crippen molar-refractivity contribution in [1.29, 1.82) is 0 Å². The van der Waals surface area contributed by atoms with Crippen molar-refractivity contribution < 1.29 is 13.2 Å². The van der Waals surface area contributed by atoms with Crippen molar-refractivity contribution in [2.75, 3.05) is 0 Å². The van der Waals surface area contributed by atoms with Crippen LogP contribution in [0.4, 0.5) is 8.78 Å². The van der Waals surface area contributed by atoms with E-state index in [0.29, 0.717) is 32.5 Å². The van der Waals surface area contributed by atoms with Gasteiger partial charge in [-0.15, -0.1) is 18.5 Å². The van der Waals surface area contributed by atoms with Crippen LogP contribution in [0.2, 0.25) is 0 Å². The van der Waals surface area contributed by atoms with Gasteiger partial charge in [0, 0.05) is 21.4 Å². The zero-order valence-corrected chi connectivity index (χ0v) is 10.9. The molecule has 0 N–H and O–H groups in total. The highest BCUT2D eigenvalue weighted by Crippen LogP contribution is 2.29. The highest BCUT2D eigenvalue weighted by molar-refractivity contribution is 7.27. The molecule has 0 amide bonds. The fourth-order valence-electron chi connectivity index (χ4n) is 1.85. The molecule has 0 aliphatic rings. The molecular weight excluding hydrogens is 260 g/mol. The van der Waals surface area contributed by atoms with Gasteiger partial charge in [0.05, 0.1) is 0 Å². The Morgan fingerprint density at radius 3 is 1.59 bits per heavy atom. The van der Waals surface area contributed by atoms with Crippen LogP contribution in [0.25, 0.3) is 21.9 Å². The highest BCUT2D eigenvalue weighted by atomic mass is 31.0. The van der Waals surface area contributed by atoms with E-state index in [-0.39, 0.29) is 11.6 Å². The van der Waals surface area contributed by atoms with E-state index in [4.69, 9.17) is 4.42 Å². The number of hydrogen-bond acceptors (Lipinski definition) is 1. The van der Waals surface area contributed by atoms with E-state index in [1.54, 1.807) is 12.1 Å². The molecule has 3 rings (SSSR count). The fourth-order valence-corrected chi connectivity index (χ4v) is 2.32. The lowest BCUT2D eigenvalue weighted by atomic mass is 10.1. The summed E-state index contributed by atoms with van der Waals surface area (Å²) in [7, 11) is 4.60. The molecule has 2 aromatic carbocycles. The predicted molar refractivity (Wildman–Crippen MR) is 72.3 cm³/mol. The first-order valence-electron chi connectivity index (χ1n) is 4.92. The van der Waals surface area contributed by atoms with Crippen molar-refractivity contribution in [3.8, 4) is 0 Å². The lowest BCUT2D eigenvalue weighted by Crippen LogP contribution is -1.96. The zero-order chi connectivity index (χ0) is 12.2. The first kappa shape index (κ1) is 11.1. The molecule has 0 saturated carbocycles. The fraction of sp³-hybridized carbons (Fsp3) is 0. The molecule has 0 saturated heterocycles. The van der Waals surface area contributed by atoms with Crippen LogP contribution in [0.5, 0.6) is 0 Å². The molecule has 17 heavy (non-hydrogen) atoms. The van der Waals surface area contributed by atoms with Gasteiger partial charge < -0.3 is 4.42 Å². The number of benzene rings is 2. The molecule has 0 radical (unpaired) electrons. The van der Waals surface area contributed by atoms with Crippen molar-refractivity contribution in [3.63, 3.8) is 0 Å². The van der Waals surface area contributed by atoms with Gasteiger partial charge in [0.15, 0.2) is 0 Å². The minimum atomic E-state index is -0.347. The van der Waals surface area contributed by atoms with Crippen molar-refractivity contribution in [2.45, 2.75) is 0 Å².